The summed E-state index contributed by atoms with van der Waals surface area (Å²) in [6, 6.07) is 13.2. The van der Waals surface area contributed by atoms with Crippen LogP contribution in [-0.4, -0.2) is 47.8 Å². The first-order valence-electron chi connectivity index (χ1n) is 13.2. The van der Waals surface area contributed by atoms with Crippen molar-refractivity contribution in [2.75, 3.05) is 6.61 Å². The van der Waals surface area contributed by atoms with E-state index in [1.165, 1.54) is 0 Å². The summed E-state index contributed by atoms with van der Waals surface area (Å²) in [5, 5.41) is 13.8. The second-order valence-electron chi connectivity index (χ2n) is 10.2. The number of aryl methyl sites for hydroxylation is 2. The molecule has 1 aliphatic rings. The molecule has 6 rings (SSSR count). The summed E-state index contributed by atoms with van der Waals surface area (Å²) >= 11 is 0. The predicted molar refractivity (Wildman–Crippen MR) is 145 cm³/mol. The molecule has 0 saturated carbocycles. The SMILES string of the molecule is Cc1cc2cc(C(c3nnnn3CC3CCCO3)N(Cc3cccnc3)Cc3ccco3)c(=O)[nH]c2cc1C. The normalized spacial score (nSPS) is 16.3. The zero-order valence-corrected chi connectivity index (χ0v) is 22.1. The quantitative estimate of drug-likeness (QED) is 0.306. The average molecular weight is 526 g/mol. The van der Waals surface area contributed by atoms with Crippen LogP contribution in [0.1, 0.15) is 52.7 Å². The van der Waals surface area contributed by atoms with Crippen LogP contribution in [0.4, 0.5) is 0 Å². The fourth-order valence-electron chi connectivity index (χ4n) is 5.28. The summed E-state index contributed by atoms with van der Waals surface area (Å²) in [4.78, 5) is 23.3. The number of benzene rings is 1. The number of pyridine rings is 2. The number of tetrazole rings is 1. The molecule has 0 bridgehead atoms. The lowest BCUT2D eigenvalue weighted by molar-refractivity contribution is 0.0901. The molecule has 5 heterocycles. The molecule has 1 N–H and O–H groups in total. The van der Waals surface area contributed by atoms with Gasteiger partial charge in [-0.25, -0.2) is 4.68 Å². The maximum absolute atomic E-state index is 13.8. The van der Waals surface area contributed by atoms with Crippen LogP contribution in [0.3, 0.4) is 0 Å². The van der Waals surface area contributed by atoms with Crippen LogP contribution in [0.15, 0.2) is 70.3 Å². The fraction of sp³-hybridized carbons (Fsp3) is 0.345. The molecule has 10 heteroatoms. The Morgan fingerprint density at radius 2 is 2.05 bits per heavy atom. The highest BCUT2D eigenvalue weighted by Gasteiger charge is 2.32. The molecule has 200 valence electrons. The minimum absolute atomic E-state index is 0.0326. The molecule has 1 aromatic carbocycles. The smallest absolute Gasteiger partial charge is 0.253 e. The molecule has 0 aliphatic carbocycles. The molecule has 1 aliphatic heterocycles. The lowest BCUT2D eigenvalue weighted by Gasteiger charge is -2.30. The van der Waals surface area contributed by atoms with Crippen molar-refractivity contribution in [1.82, 2.24) is 35.1 Å². The number of nitrogens with one attached hydrogen (secondary N) is 1. The number of aromatic amines is 1. The lowest BCUT2D eigenvalue weighted by atomic mass is 10.00. The number of rotatable bonds is 9. The van der Waals surface area contributed by atoms with E-state index in [0.29, 0.717) is 31.0 Å². The van der Waals surface area contributed by atoms with Crippen molar-refractivity contribution in [2.45, 2.75) is 58.5 Å². The van der Waals surface area contributed by atoms with Gasteiger partial charge in [-0.3, -0.25) is 14.7 Å². The highest BCUT2D eigenvalue weighted by molar-refractivity contribution is 5.81. The van der Waals surface area contributed by atoms with E-state index < -0.39 is 6.04 Å². The van der Waals surface area contributed by atoms with Gasteiger partial charge in [0.1, 0.15) is 11.8 Å². The van der Waals surface area contributed by atoms with E-state index in [1.54, 1.807) is 17.1 Å². The monoisotopic (exact) mass is 525 g/mol. The number of aromatic nitrogens is 6. The topological polar surface area (TPSA) is 115 Å². The Hall–Kier alpha value is -4.15. The molecule has 0 radical (unpaired) electrons. The van der Waals surface area contributed by atoms with Gasteiger partial charge in [0.05, 0.1) is 25.5 Å². The molecule has 2 atom stereocenters. The van der Waals surface area contributed by atoms with Gasteiger partial charge in [0.2, 0.25) is 0 Å². The molecular formula is C29H31N7O3. The molecule has 10 nitrogen and oxygen atoms in total. The Balaban J connectivity index is 1.51. The molecule has 5 aromatic rings. The number of ether oxygens (including phenoxy) is 1. The number of nitrogens with zero attached hydrogens (tertiary/aromatic N) is 6. The third-order valence-corrected chi connectivity index (χ3v) is 7.40. The van der Waals surface area contributed by atoms with Crippen molar-refractivity contribution in [3.05, 3.63) is 105 Å². The molecule has 39 heavy (non-hydrogen) atoms. The van der Waals surface area contributed by atoms with Crippen LogP contribution in [0, 0.1) is 13.8 Å². The third-order valence-electron chi connectivity index (χ3n) is 7.40. The van der Waals surface area contributed by atoms with Gasteiger partial charge in [0, 0.05) is 36.6 Å². The van der Waals surface area contributed by atoms with Gasteiger partial charge in [0.25, 0.3) is 5.56 Å². The van der Waals surface area contributed by atoms with E-state index in [-0.39, 0.29) is 11.7 Å². The summed E-state index contributed by atoms with van der Waals surface area (Å²) in [6.45, 7) is 6.30. The standard InChI is InChI=1S/C29H31N7O3/c1-19-12-22-14-25(29(37)31-26(22)13-20(19)2)27(28-32-33-34-36(28)18-24-8-5-11-39-24)35(17-23-7-4-10-38-23)16-21-6-3-9-30-15-21/h3-4,6-7,9-10,12-15,24,27H,5,8,11,16-18H2,1-2H3,(H,31,37). The van der Waals surface area contributed by atoms with Crippen LogP contribution < -0.4 is 5.56 Å². The zero-order chi connectivity index (χ0) is 26.8. The maximum atomic E-state index is 13.8. The second-order valence-corrected chi connectivity index (χ2v) is 10.2. The Bertz CT molecular complexity index is 1610. The van der Waals surface area contributed by atoms with Crippen molar-refractivity contribution in [3.63, 3.8) is 0 Å². The van der Waals surface area contributed by atoms with E-state index in [2.05, 4.69) is 43.4 Å². The van der Waals surface area contributed by atoms with Crippen molar-refractivity contribution in [3.8, 4) is 0 Å². The highest BCUT2D eigenvalue weighted by Crippen LogP contribution is 2.31. The van der Waals surface area contributed by atoms with E-state index in [0.717, 1.165) is 52.8 Å². The van der Waals surface area contributed by atoms with Crippen molar-refractivity contribution in [1.29, 1.82) is 0 Å². The lowest BCUT2D eigenvalue weighted by Crippen LogP contribution is -2.35. The number of hydrogen-bond donors (Lipinski definition) is 1. The Labute approximate surface area is 225 Å². The van der Waals surface area contributed by atoms with Crippen LogP contribution >= 0.6 is 0 Å². The van der Waals surface area contributed by atoms with Gasteiger partial charge in [0.15, 0.2) is 5.82 Å². The van der Waals surface area contributed by atoms with Crippen molar-refractivity contribution in [2.24, 2.45) is 0 Å². The molecular weight excluding hydrogens is 494 g/mol. The molecule has 4 aromatic heterocycles. The average Bonchev–Trinajstić information content (AvgIpc) is 3.71. The minimum atomic E-state index is -0.568. The van der Waals surface area contributed by atoms with E-state index in [4.69, 9.17) is 9.15 Å². The number of fused-ring (bicyclic) bond motifs is 1. The second kappa shape index (κ2) is 10.9. The molecule has 0 spiro atoms. The summed E-state index contributed by atoms with van der Waals surface area (Å²) in [7, 11) is 0. The molecule has 1 fully saturated rings. The molecule has 0 amide bonds. The summed E-state index contributed by atoms with van der Waals surface area (Å²) in [5.74, 6) is 1.35. The van der Waals surface area contributed by atoms with Crippen molar-refractivity contribution < 1.29 is 9.15 Å². The molecule has 1 saturated heterocycles. The van der Waals surface area contributed by atoms with E-state index >= 15 is 0 Å². The van der Waals surface area contributed by atoms with Gasteiger partial charge < -0.3 is 14.1 Å². The van der Waals surface area contributed by atoms with Crippen LogP contribution in [0.25, 0.3) is 10.9 Å². The first-order chi connectivity index (χ1) is 19.0. The van der Waals surface area contributed by atoms with Crippen molar-refractivity contribution >= 4 is 10.9 Å². The number of furan rings is 1. The third kappa shape index (κ3) is 5.39. The van der Waals surface area contributed by atoms with Crippen LogP contribution in [-0.2, 0) is 24.4 Å². The number of hydrogen-bond acceptors (Lipinski definition) is 8. The first kappa shape index (κ1) is 25.1. The predicted octanol–water partition coefficient (Wildman–Crippen LogP) is 4.09. The van der Waals surface area contributed by atoms with E-state index in [9.17, 15) is 4.79 Å². The summed E-state index contributed by atoms with van der Waals surface area (Å²) < 4.78 is 13.4. The van der Waals surface area contributed by atoms with Gasteiger partial charge >= 0.3 is 0 Å². The Kier molecular flexibility index (Phi) is 7.04. The fourth-order valence-corrected chi connectivity index (χ4v) is 5.28. The maximum Gasteiger partial charge on any atom is 0.253 e. The molecule has 2 unspecified atom stereocenters. The van der Waals surface area contributed by atoms with Gasteiger partial charge in [-0.1, -0.05) is 6.07 Å². The van der Waals surface area contributed by atoms with Crippen LogP contribution in [0.5, 0.6) is 0 Å². The zero-order valence-electron chi connectivity index (χ0n) is 22.1. The largest absolute Gasteiger partial charge is 0.468 e. The van der Waals surface area contributed by atoms with Crippen LogP contribution in [0.2, 0.25) is 0 Å². The summed E-state index contributed by atoms with van der Waals surface area (Å²) in [6.07, 6.45) is 7.23. The van der Waals surface area contributed by atoms with Gasteiger partial charge in [-0.15, -0.1) is 5.10 Å². The van der Waals surface area contributed by atoms with Gasteiger partial charge in [-0.2, -0.15) is 0 Å². The van der Waals surface area contributed by atoms with Gasteiger partial charge in [-0.05, 0) is 95.6 Å². The number of H-pyrrole nitrogens is 1. The summed E-state index contributed by atoms with van der Waals surface area (Å²) in [5.41, 5.74) is 4.45. The minimum Gasteiger partial charge on any atom is -0.468 e. The Morgan fingerprint density at radius 3 is 2.82 bits per heavy atom. The first-order valence-corrected chi connectivity index (χ1v) is 13.2. The highest BCUT2D eigenvalue weighted by atomic mass is 16.5. The van der Waals surface area contributed by atoms with E-state index in [1.807, 2.05) is 49.5 Å². The Morgan fingerprint density at radius 1 is 1.15 bits per heavy atom.